The van der Waals surface area contributed by atoms with Crippen molar-refractivity contribution >= 4 is 21.9 Å². The van der Waals surface area contributed by atoms with Crippen LogP contribution in [-0.2, 0) is 22.9 Å². The fourth-order valence-corrected chi connectivity index (χ4v) is 5.11. The molecule has 0 unspecified atom stereocenters. The second-order valence-electron chi connectivity index (χ2n) is 11.3. The number of sulfonamides is 1. The lowest BCUT2D eigenvalue weighted by Crippen LogP contribution is -2.27. The summed E-state index contributed by atoms with van der Waals surface area (Å²) in [5.41, 5.74) is 6.66. The first-order valence-electron chi connectivity index (χ1n) is 14.9. The van der Waals surface area contributed by atoms with Crippen molar-refractivity contribution < 1.29 is 17.2 Å². The number of aromatic nitrogens is 4. The Hall–Kier alpha value is -4.51. The molecule has 0 bridgehead atoms. The molecule has 0 fully saturated rings. The van der Waals surface area contributed by atoms with Gasteiger partial charge in [-0.05, 0) is 73.2 Å². The SMILES string of the molecule is C=CCc1c(-c2ccc(F)cc2)nc(N(C)S(C)(=O)=O)nc1C(C)C.C=CCc1c(-c2ccc(F)cc2)nc(NC)nc1C(C)C. The fourth-order valence-electron chi connectivity index (χ4n) is 4.73. The molecule has 2 heterocycles. The molecule has 0 amide bonds. The van der Waals surface area contributed by atoms with Crippen molar-refractivity contribution in [1.29, 1.82) is 0 Å². The number of benzene rings is 2. The quantitative estimate of drug-likeness (QED) is 0.166. The Morgan fingerprint density at radius 2 is 1.17 bits per heavy atom. The van der Waals surface area contributed by atoms with Crippen molar-refractivity contribution in [2.45, 2.75) is 52.4 Å². The third-order valence-electron chi connectivity index (χ3n) is 7.10. The number of nitrogens with one attached hydrogen (secondary N) is 1. The molecule has 2 aromatic carbocycles. The predicted molar refractivity (Wildman–Crippen MR) is 184 cm³/mol. The minimum Gasteiger partial charge on any atom is -0.357 e. The van der Waals surface area contributed by atoms with Gasteiger partial charge in [0.1, 0.15) is 11.6 Å². The summed E-state index contributed by atoms with van der Waals surface area (Å²) in [5.74, 6) is 0.402. The second-order valence-corrected chi connectivity index (χ2v) is 13.3. The van der Waals surface area contributed by atoms with Gasteiger partial charge in [-0.2, -0.15) is 0 Å². The summed E-state index contributed by atoms with van der Waals surface area (Å²) in [6.45, 7) is 15.8. The van der Waals surface area contributed by atoms with Crippen LogP contribution in [0.2, 0.25) is 0 Å². The van der Waals surface area contributed by atoms with Crippen LogP contribution in [0.15, 0.2) is 73.8 Å². The summed E-state index contributed by atoms with van der Waals surface area (Å²) in [4.78, 5) is 18.1. The van der Waals surface area contributed by atoms with Crippen LogP contribution in [0.5, 0.6) is 0 Å². The van der Waals surface area contributed by atoms with Crippen molar-refractivity contribution in [3.63, 3.8) is 0 Å². The standard InChI is InChI=1S/C18H22FN3O2S.C17H20FN3/c1-6-7-15-16(12(2)3)20-18(22(4)25(5,23)24)21-17(15)13-8-10-14(19)11-9-13;1-5-6-14-15(11(2)3)20-17(19-4)21-16(14)12-7-9-13(18)10-8-12/h6,8-12H,1,7H2,2-5H3;5,7-11H,1,6H2,2-4H3,(H,19,20,21). The lowest BCUT2D eigenvalue weighted by atomic mass is 9.96. The molecule has 46 heavy (non-hydrogen) atoms. The van der Waals surface area contributed by atoms with Gasteiger partial charge in [0, 0.05) is 36.3 Å². The van der Waals surface area contributed by atoms with Crippen LogP contribution in [0.25, 0.3) is 22.5 Å². The molecule has 0 saturated carbocycles. The molecule has 0 aliphatic heterocycles. The summed E-state index contributed by atoms with van der Waals surface area (Å²) < 4.78 is 51.3. The van der Waals surface area contributed by atoms with Crippen LogP contribution >= 0.6 is 0 Å². The van der Waals surface area contributed by atoms with Crippen LogP contribution in [0, 0.1) is 11.6 Å². The first kappa shape index (κ1) is 36.0. The summed E-state index contributed by atoms with van der Waals surface area (Å²) >= 11 is 0. The van der Waals surface area contributed by atoms with E-state index in [0.29, 0.717) is 30.0 Å². The van der Waals surface area contributed by atoms with Crippen molar-refractivity contribution in [1.82, 2.24) is 19.9 Å². The Bertz CT molecular complexity index is 1770. The Kier molecular flexibility index (Phi) is 12.2. The highest BCUT2D eigenvalue weighted by atomic mass is 32.2. The zero-order valence-electron chi connectivity index (χ0n) is 27.5. The first-order valence-corrected chi connectivity index (χ1v) is 16.7. The molecular weight excluding hydrogens is 606 g/mol. The van der Waals surface area contributed by atoms with Gasteiger partial charge in [0.15, 0.2) is 0 Å². The molecule has 0 saturated heterocycles. The Labute approximate surface area is 271 Å². The molecule has 0 atom stereocenters. The lowest BCUT2D eigenvalue weighted by molar-refractivity contribution is 0.599. The average molecular weight is 649 g/mol. The second kappa shape index (κ2) is 15.7. The van der Waals surface area contributed by atoms with E-state index in [1.807, 2.05) is 19.9 Å². The summed E-state index contributed by atoms with van der Waals surface area (Å²) in [7, 11) is -0.295. The Balaban J connectivity index is 0.000000254. The minimum atomic E-state index is -3.50. The molecule has 4 aromatic rings. The van der Waals surface area contributed by atoms with Crippen molar-refractivity contribution in [2.24, 2.45) is 0 Å². The number of hydrogen-bond acceptors (Lipinski definition) is 7. The van der Waals surface area contributed by atoms with E-state index >= 15 is 0 Å². The van der Waals surface area contributed by atoms with E-state index in [1.165, 1.54) is 31.3 Å². The maximum absolute atomic E-state index is 13.3. The Morgan fingerprint density at radius 1 is 0.761 bits per heavy atom. The van der Waals surface area contributed by atoms with E-state index in [2.05, 4.69) is 52.3 Å². The molecular formula is C35H42F2N6O2S. The number of nitrogens with zero attached hydrogens (tertiary/aromatic N) is 5. The van der Waals surface area contributed by atoms with Crippen LogP contribution < -0.4 is 9.62 Å². The zero-order valence-corrected chi connectivity index (χ0v) is 28.3. The molecule has 1 N–H and O–H groups in total. The van der Waals surface area contributed by atoms with Crippen LogP contribution in [0.1, 0.15) is 62.0 Å². The van der Waals surface area contributed by atoms with Crippen molar-refractivity contribution in [3.05, 3.63) is 108 Å². The summed E-state index contributed by atoms with van der Waals surface area (Å²) in [6, 6.07) is 12.3. The molecule has 0 radical (unpaired) electrons. The molecule has 4 rings (SSSR count). The topological polar surface area (TPSA) is 101 Å². The van der Waals surface area contributed by atoms with Gasteiger partial charge in [0.25, 0.3) is 0 Å². The average Bonchev–Trinajstić information content (AvgIpc) is 3.01. The lowest BCUT2D eigenvalue weighted by Gasteiger charge is -2.21. The van der Waals surface area contributed by atoms with Gasteiger partial charge in [-0.15, -0.1) is 13.2 Å². The highest BCUT2D eigenvalue weighted by Gasteiger charge is 2.22. The van der Waals surface area contributed by atoms with Crippen LogP contribution in [0.4, 0.5) is 20.7 Å². The third kappa shape index (κ3) is 8.81. The molecule has 0 spiro atoms. The maximum Gasteiger partial charge on any atom is 0.239 e. The van der Waals surface area contributed by atoms with Gasteiger partial charge in [-0.25, -0.2) is 41.4 Å². The number of allylic oxidation sites excluding steroid dienone is 2. The van der Waals surface area contributed by atoms with Crippen molar-refractivity contribution in [2.75, 3.05) is 30.0 Å². The van der Waals surface area contributed by atoms with E-state index in [0.717, 1.165) is 44.3 Å². The number of anilines is 2. The van der Waals surface area contributed by atoms with Crippen LogP contribution in [0.3, 0.4) is 0 Å². The zero-order chi connectivity index (χ0) is 34.2. The van der Waals surface area contributed by atoms with Gasteiger partial charge in [0.05, 0.1) is 29.0 Å². The van der Waals surface area contributed by atoms with Gasteiger partial charge in [-0.1, -0.05) is 39.8 Å². The first-order chi connectivity index (χ1) is 21.7. The predicted octanol–water partition coefficient (Wildman–Crippen LogP) is 7.71. The molecule has 0 aliphatic carbocycles. The van der Waals surface area contributed by atoms with Crippen LogP contribution in [-0.4, -0.2) is 48.7 Å². The van der Waals surface area contributed by atoms with Gasteiger partial charge >= 0.3 is 0 Å². The van der Waals surface area contributed by atoms with E-state index in [1.54, 1.807) is 37.4 Å². The van der Waals surface area contributed by atoms with E-state index in [4.69, 9.17) is 0 Å². The highest BCUT2D eigenvalue weighted by molar-refractivity contribution is 7.92. The molecule has 8 nitrogen and oxygen atoms in total. The van der Waals surface area contributed by atoms with Gasteiger partial charge < -0.3 is 5.32 Å². The summed E-state index contributed by atoms with van der Waals surface area (Å²) in [5, 5.41) is 2.99. The van der Waals surface area contributed by atoms with E-state index in [9.17, 15) is 17.2 Å². The third-order valence-corrected chi connectivity index (χ3v) is 8.25. The Morgan fingerprint density at radius 3 is 1.54 bits per heavy atom. The van der Waals surface area contributed by atoms with E-state index in [-0.39, 0.29) is 29.4 Å². The number of halogens is 2. The monoisotopic (exact) mass is 648 g/mol. The maximum atomic E-state index is 13.3. The minimum absolute atomic E-state index is 0.0591. The largest absolute Gasteiger partial charge is 0.357 e. The number of hydrogen-bond donors (Lipinski definition) is 1. The van der Waals surface area contributed by atoms with Gasteiger partial charge in [0.2, 0.25) is 21.9 Å². The smallest absolute Gasteiger partial charge is 0.239 e. The molecule has 244 valence electrons. The van der Waals surface area contributed by atoms with E-state index < -0.39 is 10.0 Å². The summed E-state index contributed by atoms with van der Waals surface area (Å²) in [6.07, 6.45) is 5.90. The number of rotatable bonds is 11. The molecule has 2 aromatic heterocycles. The normalized spacial score (nSPS) is 11.2. The highest BCUT2D eigenvalue weighted by Crippen LogP contribution is 2.32. The molecule has 11 heteroatoms. The molecule has 0 aliphatic rings. The fraction of sp³-hybridized carbons (Fsp3) is 0.314. The van der Waals surface area contributed by atoms with Crippen molar-refractivity contribution in [3.8, 4) is 22.5 Å². The van der Waals surface area contributed by atoms with Gasteiger partial charge in [-0.3, -0.25) is 0 Å².